The minimum Gasteiger partial charge on any atom is -0.456 e. The number of ether oxygens (including phenoxy) is 2. The second-order valence-electron chi connectivity index (χ2n) is 11.9. The van der Waals surface area contributed by atoms with Crippen LogP contribution >= 0.6 is 0 Å². The van der Waals surface area contributed by atoms with Gasteiger partial charge in [0.05, 0.1) is 29.8 Å². The van der Waals surface area contributed by atoms with E-state index in [2.05, 4.69) is 0 Å². The number of aliphatic hydroxyl groups excluding tert-OH is 3. The molecule has 204 valence electrons. The Hall–Kier alpha value is 1.48. The van der Waals surface area contributed by atoms with Gasteiger partial charge in [-0.15, -0.1) is 0 Å². The van der Waals surface area contributed by atoms with Crippen molar-refractivity contribution in [2.45, 2.75) is 102 Å². The van der Waals surface area contributed by atoms with Crippen LogP contribution in [0.2, 0.25) is 0 Å². The fraction of sp³-hybridized carbons (Fsp3) is 0.840. The number of carbonyl (C=O) groups excluding carboxylic acids is 2. The number of hydrogen-bond acceptors (Lipinski definition) is 10. The van der Waals surface area contributed by atoms with E-state index in [-0.39, 0.29) is 113 Å². The molecule has 0 aromatic heterocycles. The van der Waals surface area contributed by atoms with Crippen LogP contribution in [-0.2, 0) is 19.1 Å². The maximum atomic E-state index is 14.0. The molecular weight excluding hydrogens is 912 g/mol. The summed E-state index contributed by atoms with van der Waals surface area (Å²) in [6.45, 7) is 9.71. The van der Waals surface area contributed by atoms with E-state index in [0.29, 0.717) is 5.57 Å². The van der Waals surface area contributed by atoms with Crippen molar-refractivity contribution in [3.8, 4) is 0 Å². The van der Waals surface area contributed by atoms with Crippen molar-refractivity contribution in [3.05, 3.63) is 11.1 Å². The molecule has 0 aromatic rings. The topological polar surface area (TPSA) is 180 Å². The van der Waals surface area contributed by atoms with Gasteiger partial charge in [0.15, 0.2) is 11.9 Å². The zero-order valence-electron chi connectivity index (χ0n) is 22.3. The Morgan fingerprint density at radius 2 is 1.76 bits per heavy atom. The molecule has 4 aliphatic rings. The van der Waals surface area contributed by atoms with Crippen LogP contribution in [0.5, 0.6) is 0 Å². The van der Waals surface area contributed by atoms with Crippen molar-refractivity contribution in [1.29, 1.82) is 0 Å². The van der Waals surface area contributed by atoms with E-state index in [9.17, 15) is 35.1 Å². The smallest absolute Gasteiger partial charge is 0.337 e. The van der Waals surface area contributed by atoms with Gasteiger partial charge in [-0.05, 0) is 37.8 Å². The molecule has 1 heterocycles. The van der Waals surface area contributed by atoms with E-state index in [0.717, 1.165) is 0 Å². The maximum Gasteiger partial charge on any atom is 0.337 e. The van der Waals surface area contributed by atoms with Gasteiger partial charge in [-0.3, -0.25) is 4.79 Å². The Labute approximate surface area is 289 Å². The number of fused-ring (bicyclic) bond motifs is 5. The Kier molecular flexibility index (Phi) is 10.6. The molecule has 0 aromatic carbocycles. The number of hydrogen-bond donors (Lipinski definition) is 6. The second-order valence-corrected chi connectivity index (χ2v) is 11.9. The number of aliphatic hydroxyl groups is 5. The normalized spacial score (nSPS) is 45.9. The number of rotatable bonds is 3. The Morgan fingerprint density at radius 1 is 1.19 bits per heavy atom. The van der Waals surface area contributed by atoms with Gasteiger partial charge >= 0.3 is 5.97 Å². The monoisotopic (exact) mass is 951 g/mol. The molecule has 0 spiro atoms. The third kappa shape index (κ3) is 4.77. The molecule has 7 N–H and O–H groups in total. The summed E-state index contributed by atoms with van der Waals surface area (Å²) in [4.78, 5) is 26.5. The summed E-state index contributed by atoms with van der Waals surface area (Å²) in [5.74, 6) is -3.36. The van der Waals surface area contributed by atoms with Crippen molar-refractivity contribution in [1.82, 2.24) is 0 Å². The fourth-order valence-electron chi connectivity index (χ4n) is 7.54. The molecule has 2 radical (unpaired) electrons. The van der Waals surface area contributed by atoms with Gasteiger partial charge in [0.2, 0.25) is 0 Å². The van der Waals surface area contributed by atoms with E-state index in [1.165, 1.54) is 6.92 Å². The van der Waals surface area contributed by atoms with Crippen LogP contribution in [-0.4, -0.2) is 91.7 Å². The summed E-state index contributed by atoms with van der Waals surface area (Å²) >= 11 is 0. The minimum atomic E-state index is -1.72. The third-order valence-electron chi connectivity index (χ3n) is 9.85. The van der Waals surface area contributed by atoms with Crippen LogP contribution in [0.25, 0.3) is 0 Å². The quantitative estimate of drug-likeness (QED) is 0.155. The average Bonchev–Trinajstić information content (AvgIpc) is 2.76. The van der Waals surface area contributed by atoms with Gasteiger partial charge < -0.3 is 40.7 Å². The zero-order chi connectivity index (χ0) is 26.5. The molecule has 1 saturated heterocycles. The summed E-state index contributed by atoms with van der Waals surface area (Å²) in [6.07, 6.45) is -6.32. The predicted octanol–water partition coefficient (Wildman–Crippen LogP) is -0.819. The molecule has 2 saturated carbocycles. The van der Waals surface area contributed by atoms with Crippen LogP contribution in [0, 0.1) is 111 Å². The van der Waals surface area contributed by atoms with Crippen LogP contribution in [0.3, 0.4) is 0 Å². The summed E-state index contributed by atoms with van der Waals surface area (Å²) in [5, 5.41) is 56.7. The summed E-state index contributed by atoms with van der Waals surface area (Å²) < 4.78 is 11.1. The van der Waals surface area contributed by atoms with Crippen molar-refractivity contribution in [3.63, 3.8) is 0 Å². The maximum absolute atomic E-state index is 14.0. The summed E-state index contributed by atoms with van der Waals surface area (Å²) in [7, 11) is 0. The fourth-order valence-corrected chi connectivity index (χ4v) is 7.54. The zero-order valence-corrected chi connectivity index (χ0v) is 31.8. The van der Waals surface area contributed by atoms with E-state index in [4.69, 9.17) is 15.2 Å². The largest absolute Gasteiger partial charge is 0.456 e. The Balaban J connectivity index is 0.00000241. The predicted molar refractivity (Wildman–Crippen MR) is 123 cm³/mol. The van der Waals surface area contributed by atoms with Gasteiger partial charge in [-0.2, -0.15) is 0 Å². The van der Waals surface area contributed by atoms with Gasteiger partial charge in [0.1, 0.15) is 17.8 Å². The van der Waals surface area contributed by atoms with E-state index >= 15 is 0 Å². The molecule has 1 aliphatic heterocycles. The van der Waals surface area contributed by atoms with Crippen LogP contribution in [0.1, 0.15) is 54.4 Å². The molecule has 10 nitrogen and oxygen atoms in total. The number of esters is 1. The molecular formula is C25H39Ac2NO9. The second kappa shape index (κ2) is 11.3. The molecule has 2 bridgehead atoms. The Bertz CT molecular complexity index is 974. The molecule has 11 atom stereocenters. The molecule has 0 amide bonds. The third-order valence-corrected chi connectivity index (χ3v) is 9.85. The minimum absolute atomic E-state index is 0. The summed E-state index contributed by atoms with van der Waals surface area (Å²) in [5.41, 5.74) is 0.367. The van der Waals surface area contributed by atoms with Crippen molar-refractivity contribution in [2.24, 2.45) is 28.4 Å². The molecule has 12 heteroatoms. The molecule has 4 rings (SSSR count). The van der Waals surface area contributed by atoms with Gasteiger partial charge in [0.25, 0.3) is 0 Å². The van der Waals surface area contributed by atoms with Gasteiger partial charge in [0, 0.05) is 118 Å². The first kappa shape index (κ1) is 34.7. The average molecular weight is 952 g/mol. The first-order valence-corrected chi connectivity index (χ1v) is 12.3. The van der Waals surface area contributed by atoms with E-state index < -0.39 is 82.2 Å². The first-order chi connectivity index (χ1) is 16.0. The van der Waals surface area contributed by atoms with Crippen LogP contribution in [0.15, 0.2) is 11.1 Å². The number of Topliss-reactive ketones (excluding diaryl/α,β-unsaturated/α-hetero) is 1. The molecule has 3 aliphatic carbocycles. The van der Waals surface area contributed by atoms with Gasteiger partial charge in [-0.25, -0.2) is 4.79 Å². The summed E-state index contributed by atoms with van der Waals surface area (Å²) in [6, 6.07) is -0.885. The van der Waals surface area contributed by atoms with E-state index in [1.807, 2.05) is 0 Å². The first-order valence-electron chi connectivity index (χ1n) is 12.3. The molecule has 37 heavy (non-hydrogen) atoms. The van der Waals surface area contributed by atoms with Crippen LogP contribution in [0.4, 0.5) is 0 Å². The number of carbonyl (C=O) groups is 2. The van der Waals surface area contributed by atoms with Crippen LogP contribution < -0.4 is 5.73 Å². The standard InChI is InChI=1S/C25H39NO9.2Ac/c1-10-13(35-21(31)17(28)12(3)26)8-25(33)11(2)19-23(6,14(27)7-15-24(19,32)9-34-15)20(30)18(29)16(10)22(25,4)5;;/h11-15,17-19,27-29,32-33H,7-9,26H2,1-6H3;;/t11?,12?,13?,14?,15?,17?,18?,19?,23-,24?,25?;;/m1../s1. The number of ketones is 1. The van der Waals surface area contributed by atoms with Gasteiger partial charge in [-0.1, -0.05) is 20.8 Å². The van der Waals surface area contributed by atoms with Crippen molar-refractivity contribution >= 4 is 11.8 Å². The molecule has 10 unspecified atom stereocenters. The molecule has 3 fully saturated rings. The van der Waals surface area contributed by atoms with Crippen molar-refractivity contribution in [2.75, 3.05) is 6.61 Å². The Morgan fingerprint density at radius 3 is 2.24 bits per heavy atom. The van der Waals surface area contributed by atoms with E-state index in [1.54, 1.807) is 34.6 Å². The van der Waals surface area contributed by atoms with Crippen molar-refractivity contribution < 1.29 is 133 Å². The number of nitrogens with two attached hydrogens (primary N) is 1. The SMILES string of the molecule is CC1=C2C(O)C(=O)[C@]3(C)C(O)CC4OCC4(O)C3C(C)C(O)(CC1OC(=O)C(O)C(C)N)C2(C)C.[Ac].[Ac].